The number of pyridine rings is 1. The molecule has 1 aromatic carbocycles. The van der Waals surface area contributed by atoms with E-state index in [2.05, 4.69) is 33.8 Å². The van der Waals surface area contributed by atoms with Gasteiger partial charge in [-0.15, -0.1) is 0 Å². The number of hydrogen-bond acceptors (Lipinski definition) is 5. The van der Waals surface area contributed by atoms with Gasteiger partial charge in [0.25, 0.3) is 0 Å². The maximum absolute atomic E-state index is 13.8. The Balaban J connectivity index is 1.56. The van der Waals surface area contributed by atoms with E-state index in [0.717, 1.165) is 30.4 Å². The first-order valence-electron chi connectivity index (χ1n) is 12.4. The lowest BCUT2D eigenvalue weighted by molar-refractivity contribution is -0.143. The quantitative estimate of drug-likeness (QED) is 0.453. The summed E-state index contributed by atoms with van der Waals surface area (Å²) in [4.78, 5) is 31.5. The second-order valence-electron chi connectivity index (χ2n) is 10.4. The third-order valence-electron chi connectivity index (χ3n) is 7.41. The third-order valence-corrected chi connectivity index (χ3v) is 7.41. The summed E-state index contributed by atoms with van der Waals surface area (Å²) in [6, 6.07) is 11.0. The highest BCUT2D eigenvalue weighted by molar-refractivity contribution is 6.01. The first-order chi connectivity index (χ1) is 17.1. The van der Waals surface area contributed by atoms with Crippen molar-refractivity contribution in [1.29, 1.82) is 0 Å². The maximum atomic E-state index is 13.8. The summed E-state index contributed by atoms with van der Waals surface area (Å²) in [5, 5.41) is 12.2. The SMILES string of the molecule is Cc1ccc(NC(=O)C2(c3ccccc3C(C)C)CN(CCCC3(C(=O)O)CC3)C2)c(OC(F)F)n1. The molecule has 36 heavy (non-hydrogen) atoms. The number of aromatic nitrogens is 1. The average molecular weight is 502 g/mol. The van der Waals surface area contributed by atoms with Crippen molar-refractivity contribution in [3.63, 3.8) is 0 Å². The molecule has 0 atom stereocenters. The highest BCUT2D eigenvalue weighted by Crippen LogP contribution is 2.50. The Morgan fingerprint density at radius 1 is 1.17 bits per heavy atom. The highest BCUT2D eigenvalue weighted by Gasteiger charge is 2.53. The Labute approximate surface area is 209 Å². The number of aliphatic carboxylic acids is 1. The molecule has 4 rings (SSSR count). The van der Waals surface area contributed by atoms with Crippen molar-refractivity contribution in [2.45, 2.75) is 64.4 Å². The number of carbonyl (C=O) groups is 2. The number of likely N-dealkylation sites (tertiary alicyclic amines) is 1. The molecule has 1 aliphatic carbocycles. The molecule has 2 aromatic rings. The Morgan fingerprint density at radius 2 is 1.86 bits per heavy atom. The van der Waals surface area contributed by atoms with Gasteiger partial charge < -0.3 is 20.1 Å². The van der Waals surface area contributed by atoms with Crippen molar-refractivity contribution in [3.8, 4) is 5.88 Å². The molecule has 1 saturated heterocycles. The highest BCUT2D eigenvalue weighted by atomic mass is 19.3. The van der Waals surface area contributed by atoms with Gasteiger partial charge in [-0.25, -0.2) is 4.98 Å². The summed E-state index contributed by atoms with van der Waals surface area (Å²) in [6.45, 7) is 4.33. The number of carboxylic acid groups (broad SMARTS) is 1. The molecule has 1 aromatic heterocycles. The minimum absolute atomic E-state index is 0.0999. The van der Waals surface area contributed by atoms with E-state index in [0.29, 0.717) is 31.7 Å². The number of anilines is 1. The van der Waals surface area contributed by atoms with E-state index in [-0.39, 0.29) is 23.4 Å². The van der Waals surface area contributed by atoms with E-state index in [9.17, 15) is 23.5 Å². The van der Waals surface area contributed by atoms with Crippen LogP contribution in [0.1, 0.15) is 62.3 Å². The number of rotatable bonds is 11. The van der Waals surface area contributed by atoms with Gasteiger partial charge in [0.1, 0.15) is 5.69 Å². The fourth-order valence-corrected chi connectivity index (χ4v) is 5.15. The van der Waals surface area contributed by atoms with Crippen LogP contribution in [0.4, 0.5) is 14.5 Å². The van der Waals surface area contributed by atoms with Gasteiger partial charge in [0.15, 0.2) is 0 Å². The van der Waals surface area contributed by atoms with Crippen LogP contribution in [0.5, 0.6) is 5.88 Å². The van der Waals surface area contributed by atoms with E-state index in [1.54, 1.807) is 13.0 Å². The molecule has 1 amide bonds. The number of amides is 1. The third kappa shape index (κ3) is 5.21. The van der Waals surface area contributed by atoms with Gasteiger partial charge in [-0.2, -0.15) is 8.78 Å². The Bertz CT molecular complexity index is 1130. The van der Waals surface area contributed by atoms with Crippen LogP contribution in [0.2, 0.25) is 0 Å². The lowest BCUT2D eigenvalue weighted by atomic mass is 9.69. The number of halogens is 2. The number of benzene rings is 1. The van der Waals surface area contributed by atoms with Gasteiger partial charge in [0.05, 0.1) is 10.8 Å². The van der Waals surface area contributed by atoms with Gasteiger partial charge >= 0.3 is 12.6 Å². The molecular weight excluding hydrogens is 468 g/mol. The molecule has 1 aliphatic heterocycles. The molecule has 0 unspecified atom stereocenters. The summed E-state index contributed by atoms with van der Waals surface area (Å²) in [6.07, 6.45) is 2.82. The second-order valence-corrected chi connectivity index (χ2v) is 10.4. The topological polar surface area (TPSA) is 91.8 Å². The van der Waals surface area contributed by atoms with E-state index in [1.165, 1.54) is 6.07 Å². The lowest BCUT2D eigenvalue weighted by Gasteiger charge is -2.50. The van der Waals surface area contributed by atoms with Crippen LogP contribution in [0.3, 0.4) is 0 Å². The minimum atomic E-state index is -3.06. The summed E-state index contributed by atoms with van der Waals surface area (Å²) in [5.74, 6) is -1.16. The normalized spacial score (nSPS) is 18.1. The number of nitrogens with zero attached hydrogens (tertiary/aromatic N) is 2. The van der Waals surface area contributed by atoms with Gasteiger partial charge in [-0.05, 0) is 68.3 Å². The molecule has 2 fully saturated rings. The predicted octanol–water partition coefficient (Wildman–Crippen LogP) is 4.95. The zero-order chi connectivity index (χ0) is 26.1. The number of ether oxygens (including phenoxy) is 1. The van der Waals surface area contributed by atoms with E-state index in [1.807, 2.05) is 24.3 Å². The summed E-state index contributed by atoms with van der Waals surface area (Å²) >= 11 is 0. The van der Waals surface area contributed by atoms with Crippen LogP contribution in [0.15, 0.2) is 36.4 Å². The van der Waals surface area contributed by atoms with E-state index >= 15 is 0 Å². The molecule has 7 nitrogen and oxygen atoms in total. The molecule has 9 heteroatoms. The fourth-order valence-electron chi connectivity index (χ4n) is 5.15. The lowest BCUT2D eigenvalue weighted by Crippen LogP contribution is -2.65. The summed E-state index contributed by atoms with van der Waals surface area (Å²) in [5.41, 5.74) is 1.12. The smallest absolute Gasteiger partial charge is 0.388 e. The van der Waals surface area contributed by atoms with Crippen molar-refractivity contribution >= 4 is 17.6 Å². The molecule has 2 N–H and O–H groups in total. The van der Waals surface area contributed by atoms with Crippen LogP contribution >= 0.6 is 0 Å². The molecule has 194 valence electrons. The number of hydrogen-bond donors (Lipinski definition) is 2. The first kappa shape index (κ1) is 26.0. The van der Waals surface area contributed by atoms with Crippen LogP contribution in [-0.4, -0.2) is 53.1 Å². The average Bonchev–Trinajstić information content (AvgIpc) is 3.58. The Hall–Kier alpha value is -3.07. The van der Waals surface area contributed by atoms with Gasteiger partial charge in [-0.3, -0.25) is 9.59 Å². The fraction of sp³-hybridized carbons (Fsp3) is 0.519. The molecule has 0 spiro atoms. The molecule has 0 bridgehead atoms. The Morgan fingerprint density at radius 3 is 2.47 bits per heavy atom. The number of carboxylic acids is 1. The number of carbonyl (C=O) groups excluding carboxylic acids is 1. The summed E-state index contributed by atoms with van der Waals surface area (Å²) in [7, 11) is 0. The minimum Gasteiger partial charge on any atom is -0.481 e. The zero-order valence-electron chi connectivity index (χ0n) is 20.9. The van der Waals surface area contributed by atoms with Crippen molar-refractivity contribution < 1.29 is 28.2 Å². The van der Waals surface area contributed by atoms with E-state index < -0.39 is 23.4 Å². The van der Waals surface area contributed by atoms with Crippen molar-refractivity contribution in [2.24, 2.45) is 5.41 Å². The van der Waals surface area contributed by atoms with Crippen LogP contribution in [-0.2, 0) is 15.0 Å². The van der Waals surface area contributed by atoms with Gasteiger partial charge in [-0.1, -0.05) is 38.1 Å². The zero-order valence-corrected chi connectivity index (χ0v) is 20.9. The van der Waals surface area contributed by atoms with Crippen molar-refractivity contribution in [2.75, 3.05) is 25.0 Å². The predicted molar refractivity (Wildman–Crippen MR) is 131 cm³/mol. The maximum Gasteiger partial charge on any atom is 0.388 e. The van der Waals surface area contributed by atoms with Gasteiger partial charge in [0, 0.05) is 18.8 Å². The molecule has 0 radical (unpaired) electrons. The number of alkyl halides is 2. The molecule has 2 aliphatic rings. The van der Waals surface area contributed by atoms with Crippen molar-refractivity contribution in [3.05, 3.63) is 53.2 Å². The summed E-state index contributed by atoms with van der Waals surface area (Å²) < 4.78 is 30.5. The van der Waals surface area contributed by atoms with Crippen LogP contribution < -0.4 is 10.1 Å². The van der Waals surface area contributed by atoms with Crippen LogP contribution in [0, 0.1) is 12.3 Å². The Kier molecular flexibility index (Phi) is 7.31. The number of nitrogens with one attached hydrogen (secondary N) is 1. The van der Waals surface area contributed by atoms with Crippen LogP contribution in [0.25, 0.3) is 0 Å². The molecular formula is C27H33F2N3O4. The second kappa shape index (κ2) is 10.1. The standard InChI is InChI=1S/C27H33F2N3O4/c1-17(2)19-7-4-5-8-20(19)27(15-32(16-27)14-6-11-26(12-13-26)24(34)35)23(33)31-21-10-9-18(3)30-22(21)36-25(28)29/h4-5,7-10,17,25H,6,11-16H2,1-3H3,(H,31,33)(H,34,35). The van der Waals surface area contributed by atoms with Gasteiger partial charge in [0.2, 0.25) is 11.8 Å². The first-order valence-corrected chi connectivity index (χ1v) is 12.4. The largest absolute Gasteiger partial charge is 0.481 e. The molecule has 1 saturated carbocycles. The molecule has 2 heterocycles. The monoisotopic (exact) mass is 501 g/mol. The number of aryl methyl sites for hydroxylation is 1. The van der Waals surface area contributed by atoms with Crippen molar-refractivity contribution in [1.82, 2.24) is 9.88 Å². The van der Waals surface area contributed by atoms with E-state index in [4.69, 9.17) is 0 Å².